The van der Waals surface area contributed by atoms with Gasteiger partial charge in [-0.15, -0.1) is 0 Å². The van der Waals surface area contributed by atoms with Crippen LogP contribution in [0.5, 0.6) is 0 Å². The number of nitrogens with zero attached hydrogens (tertiary/aromatic N) is 1. The average molecular weight is 393 g/mol. The van der Waals surface area contributed by atoms with Gasteiger partial charge in [0.15, 0.2) is 11.5 Å². The van der Waals surface area contributed by atoms with Gasteiger partial charge in [0.05, 0.1) is 6.54 Å². The molecule has 148 valence electrons. The van der Waals surface area contributed by atoms with Crippen molar-refractivity contribution in [1.82, 2.24) is 15.8 Å². The number of benzene rings is 2. The van der Waals surface area contributed by atoms with Crippen molar-refractivity contribution < 1.29 is 18.9 Å². The van der Waals surface area contributed by atoms with Crippen molar-refractivity contribution >= 4 is 23.5 Å². The molecule has 4 amide bonds. The molecule has 0 radical (unpaired) electrons. The fraction of sp³-hybridized carbons (Fsp3) is 0.100. The van der Waals surface area contributed by atoms with Crippen LogP contribution in [0, 0.1) is 0 Å². The molecule has 0 aliphatic rings. The number of hydrogen-bond acceptors (Lipinski definition) is 5. The van der Waals surface area contributed by atoms with Gasteiger partial charge in [-0.3, -0.25) is 9.59 Å². The maximum atomic E-state index is 12.2. The highest BCUT2D eigenvalue weighted by atomic mass is 16.5. The summed E-state index contributed by atoms with van der Waals surface area (Å²) < 4.78 is 5.17. The molecule has 0 aliphatic heterocycles. The van der Waals surface area contributed by atoms with Gasteiger partial charge < -0.3 is 26.2 Å². The summed E-state index contributed by atoms with van der Waals surface area (Å²) in [6.45, 7) is 0.0691. The maximum absolute atomic E-state index is 12.2. The number of nitrogens with two attached hydrogens (primary N) is 1. The second kappa shape index (κ2) is 9.18. The Balaban J connectivity index is 1.48. The third-order valence-corrected chi connectivity index (χ3v) is 3.92. The van der Waals surface area contributed by atoms with Gasteiger partial charge in [0.25, 0.3) is 5.91 Å². The lowest BCUT2D eigenvalue weighted by Crippen LogP contribution is -2.33. The Morgan fingerprint density at radius 2 is 1.69 bits per heavy atom. The van der Waals surface area contributed by atoms with Crippen molar-refractivity contribution in [2.24, 2.45) is 5.73 Å². The van der Waals surface area contributed by atoms with Crippen LogP contribution in [0.4, 0.5) is 10.5 Å². The van der Waals surface area contributed by atoms with Crippen LogP contribution in [0.1, 0.15) is 16.1 Å². The van der Waals surface area contributed by atoms with E-state index in [0.29, 0.717) is 18.0 Å². The van der Waals surface area contributed by atoms with E-state index < -0.39 is 17.8 Å². The summed E-state index contributed by atoms with van der Waals surface area (Å²) >= 11 is 0. The minimum atomic E-state index is -0.610. The van der Waals surface area contributed by atoms with E-state index in [2.05, 4.69) is 21.1 Å². The maximum Gasteiger partial charge on any atom is 0.312 e. The Bertz CT molecular complexity index is 999. The van der Waals surface area contributed by atoms with E-state index in [0.717, 1.165) is 11.1 Å². The first-order valence-corrected chi connectivity index (χ1v) is 8.73. The molecular formula is C20H19N5O4. The van der Waals surface area contributed by atoms with E-state index in [1.165, 1.54) is 6.07 Å². The van der Waals surface area contributed by atoms with E-state index >= 15 is 0 Å². The Morgan fingerprint density at radius 3 is 2.38 bits per heavy atom. The molecule has 1 heterocycles. The minimum absolute atomic E-state index is 0.0861. The van der Waals surface area contributed by atoms with Crippen molar-refractivity contribution in [1.29, 1.82) is 0 Å². The fourth-order valence-electron chi connectivity index (χ4n) is 2.47. The molecule has 9 heteroatoms. The number of hydrogen-bond donors (Lipinski definition) is 4. The zero-order chi connectivity index (χ0) is 20.6. The molecule has 3 aromatic rings. The van der Waals surface area contributed by atoms with Gasteiger partial charge in [0.1, 0.15) is 0 Å². The third-order valence-electron chi connectivity index (χ3n) is 3.92. The normalized spacial score (nSPS) is 10.2. The number of rotatable bonds is 7. The molecular weight excluding hydrogens is 374 g/mol. The standard InChI is InChI=1S/C20H19N5O4/c21-20(28)23-11-13-6-8-15(9-7-13)24-18(26)12-22-19(27)16-10-17(29-25-16)14-4-2-1-3-5-14/h1-10H,11-12H2,(H,22,27)(H,24,26)(H3,21,23,28). The highest BCUT2D eigenvalue weighted by Gasteiger charge is 2.14. The molecule has 29 heavy (non-hydrogen) atoms. The van der Waals surface area contributed by atoms with Gasteiger partial charge in [-0.05, 0) is 17.7 Å². The van der Waals surface area contributed by atoms with Crippen molar-refractivity contribution in [3.8, 4) is 11.3 Å². The molecule has 0 atom stereocenters. The van der Waals surface area contributed by atoms with Gasteiger partial charge in [0, 0.05) is 23.9 Å². The fourth-order valence-corrected chi connectivity index (χ4v) is 2.47. The molecule has 0 fully saturated rings. The van der Waals surface area contributed by atoms with Gasteiger partial charge in [-0.1, -0.05) is 47.6 Å². The Labute approximate surface area is 166 Å². The largest absolute Gasteiger partial charge is 0.355 e. The molecule has 0 aliphatic carbocycles. The van der Waals surface area contributed by atoms with E-state index in [9.17, 15) is 14.4 Å². The molecule has 0 unspecified atom stereocenters. The molecule has 3 rings (SSSR count). The van der Waals surface area contributed by atoms with Crippen molar-refractivity contribution in [3.63, 3.8) is 0 Å². The third kappa shape index (κ3) is 5.67. The van der Waals surface area contributed by atoms with Gasteiger partial charge >= 0.3 is 6.03 Å². The molecule has 2 aromatic carbocycles. The van der Waals surface area contributed by atoms with Crippen LogP contribution in [0.2, 0.25) is 0 Å². The predicted molar refractivity (Wildman–Crippen MR) is 106 cm³/mol. The van der Waals surface area contributed by atoms with Crippen LogP contribution in [-0.4, -0.2) is 29.5 Å². The number of nitrogens with one attached hydrogen (secondary N) is 3. The number of carbonyl (C=O) groups is 3. The summed E-state index contributed by atoms with van der Waals surface area (Å²) in [6.07, 6.45) is 0. The smallest absolute Gasteiger partial charge is 0.312 e. The number of aromatic nitrogens is 1. The molecule has 0 spiro atoms. The first kappa shape index (κ1) is 19.6. The summed E-state index contributed by atoms with van der Waals surface area (Å²) in [7, 11) is 0. The summed E-state index contributed by atoms with van der Waals surface area (Å²) in [6, 6.07) is 17.0. The second-order valence-corrected chi connectivity index (χ2v) is 6.09. The predicted octanol–water partition coefficient (Wildman–Crippen LogP) is 1.88. The average Bonchev–Trinajstić information content (AvgIpc) is 3.22. The molecule has 0 saturated carbocycles. The lowest BCUT2D eigenvalue weighted by molar-refractivity contribution is -0.115. The first-order valence-electron chi connectivity index (χ1n) is 8.73. The van der Waals surface area contributed by atoms with Crippen LogP contribution in [0.25, 0.3) is 11.3 Å². The van der Waals surface area contributed by atoms with E-state index in [4.69, 9.17) is 10.3 Å². The zero-order valence-corrected chi connectivity index (χ0v) is 15.3. The van der Waals surface area contributed by atoms with Crippen molar-refractivity contribution in [3.05, 3.63) is 71.9 Å². The van der Waals surface area contributed by atoms with Crippen molar-refractivity contribution in [2.45, 2.75) is 6.54 Å². The number of amides is 4. The van der Waals surface area contributed by atoms with Gasteiger partial charge in [0.2, 0.25) is 5.91 Å². The first-order chi connectivity index (χ1) is 14.0. The van der Waals surface area contributed by atoms with Gasteiger partial charge in [-0.2, -0.15) is 0 Å². The molecule has 0 bridgehead atoms. The number of anilines is 1. The van der Waals surface area contributed by atoms with Gasteiger partial charge in [-0.25, -0.2) is 4.79 Å². The van der Waals surface area contributed by atoms with E-state index in [1.54, 1.807) is 24.3 Å². The number of urea groups is 1. The Kier molecular flexibility index (Phi) is 6.21. The summed E-state index contributed by atoms with van der Waals surface area (Å²) in [5, 5.41) is 11.4. The van der Waals surface area contributed by atoms with Crippen LogP contribution in [-0.2, 0) is 11.3 Å². The molecule has 0 saturated heterocycles. The molecule has 5 N–H and O–H groups in total. The highest BCUT2D eigenvalue weighted by Crippen LogP contribution is 2.19. The molecule has 1 aromatic heterocycles. The minimum Gasteiger partial charge on any atom is -0.355 e. The van der Waals surface area contributed by atoms with Crippen molar-refractivity contribution in [2.75, 3.05) is 11.9 Å². The quantitative estimate of drug-likeness (QED) is 0.485. The SMILES string of the molecule is NC(=O)NCc1ccc(NC(=O)CNC(=O)c2cc(-c3ccccc3)on2)cc1. The summed E-state index contributed by atoms with van der Waals surface area (Å²) in [5.41, 5.74) is 7.28. The number of carbonyl (C=O) groups excluding carboxylic acids is 3. The van der Waals surface area contributed by atoms with Crippen LogP contribution in [0.15, 0.2) is 65.2 Å². The lowest BCUT2D eigenvalue weighted by atomic mass is 10.1. The van der Waals surface area contributed by atoms with E-state index in [1.807, 2.05) is 30.3 Å². The zero-order valence-electron chi connectivity index (χ0n) is 15.3. The van der Waals surface area contributed by atoms with E-state index in [-0.39, 0.29) is 12.2 Å². The van der Waals surface area contributed by atoms with Crippen LogP contribution < -0.4 is 21.7 Å². The van der Waals surface area contributed by atoms with Crippen LogP contribution in [0.3, 0.4) is 0 Å². The molecule has 9 nitrogen and oxygen atoms in total. The Hall–Kier alpha value is -4.14. The second-order valence-electron chi connectivity index (χ2n) is 6.09. The highest BCUT2D eigenvalue weighted by molar-refractivity contribution is 5.98. The topological polar surface area (TPSA) is 139 Å². The van der Waals surface area contributed by atoms with Crippen LogP contribution >= 0.6 is 0 Å². The summed E-state index contributed by atoms with van der Waals surface area (Å²) in [5.74, 6) is -0.446. The lowest BCUT2D eigenvalue weighted by Gasteiger charge is -2.07. The number of primary amides is 1. The Morgan fingerprint density at radius 1 is 0.966 bits per heavy atom. The monoisotopic (exact) mass is 393 g/mol. The summed E-state index contributed by atoms with van der Waals surface area (Å²) in [4.78, 5) is 34.9.